The van der Waals surface area contributed by atoms with Gasteiger partial charge in [-0.2, -0.15) is 0 Å². The molecule has 0 aliphatic rings. The molecule has 1 aromatic rings. The summed E-state index contributed by atoms with van der Waals surface area (Å²) in [6.07, 6.45) is 7.22. The molecule has 6 heteroatoms. The Balaban J connectivity index is 0.000000280. The summed E-state index contributed by atoms with van der Waals surface area (Å²) in [5, 5.41) is 8.18. The number of carbonyl (C=O) groups is 1. The number of unbranched alkanes of at least 4 members (excludes halogenated alkanes) is 2. The Kier molecular flexibility index (Phi) is 9.43. The molecule has 1 aromatic heterocycles. The van der Waals surface area contributed by atoms with E-state index in [0.29, 0.717) is 6.54 Å². The number of nitrogens with zero attached hydrogens (tertiary/aromatic N) is 3. The summed E-state index contributed by atoms with van der Waals surface area (Å²) in [6, 6.07) is 0. The van der Waals surface area contributed by atoms with Crippen molar-refractivity contribution < 1.29 is 9.90 Å². The van der Waals surface area contributed by atoms with Crippen LogP contribution in [0.15, 0.2) is 19.0 Å². The van der Waals surface area contributed by atoms with Crippen LogP contribution in [0.5, 0.6) is 0 Å². The highest BCUT2D eigenvalue weighted by Crippen LogP contribution is 1.97. The van der Waals surface area contributed by atoms with Crippen LogP contribution in [0.1, 0.15) is 25.7 Å². The molecule has 0 unspecified atom stereocenters. The molecule has 15 heavy (non-hydrogen) atoms. The van der Waals surface area contributed by atoms with Crippen molar-refractivity contribution in [2.24, 2.45) is 5.73 Å². The molecule has 3 N–H and O–H groups in total. The van der Waals surface area contributed by atoms with E-state index in [1.54, 1.807) is 0 Å². The molecular weight excluding hydrogens is 196 g/mol. The highest BCUT2D eigenvalue weighted by Gasteiger charge is 1.94. The molecule has 0 spiro atoms. The molecule has 0 bridgehead atoms. The molecule has 0 saturated carbocycles. The number of aliphatic carboxylic acids is 1. The third-order valence-electron chi connectivity index (χ3n) is 1.49. The lowest BCUT2D eigenvalue weighted by molar-refractivity contribution is -0.137. The third kappa shape index (κ3) is 12.4. The number of carboxylic acids is 1. The first-order valence-electron chi connectivity index (χ1n) is 4.74. The van der Waals surface area contributed by atoms with Crippen molar-refractivity contribution in [1.82, 2.24) is 15.0 Å². The van der Waals surface area contributed by atoms with Gasteiger partial charge in [-0.05, 0) is 19.4 Å². The van der Waals surface area contributed by atoms with Crippen LogP contribution in [-0.2, 0) is 4.79 Å². The topological polar surface area (TPSA) is 102 Å². The van der Waals surface area contributed by atoms with E-state index >= 15 is 0 Å². The Hall–Kier alpha value is -1.56. The lowest BCUT2D eigenvalue weighted by Gasteiger charge is -1.93. The van der Waals surface area contributed by atoms with Crippen LogP contribution in [0.2, 0.25) is 0 Å². The van der Waals surface area contributed by atoms with E-state index < -0.39 is 5.97 Å². The lowest BCUT2D eigenvalue weighted by Crippen LogP contribution is -1.99. The van der Waals surface area contributed by atoms with Crippen LogP contribution in [-0.4, -0.2) is 32.6 Å². The summed E-state index contributed by atoms with van der Waals surface area (Å²) in [7, 11) is 0. The van der Waals surface area contributed by atoms with Crippen LogP contribution in [0.25, 0.3) is 0 Å². The van der Waals surface area contributed by atoms with Gasteiger partial charge < -0.3 is 10.8 Å². The highest BCUT2D eigenvalue weighted by molar-refractivity contribution is 5.66. The van der Waals surface area contributed by atoms with Gasteiger partial charge in [-0.15, -0.1) is 0 Å². The maximum atomic E-state index is 9.93. The first kappa shape index (κ1) is 13.4. The molecule has 0 saturated heterocycles. The van der Waals surface area contributed by atoms with Gasteiger partial charge in [-0.25, -0.2) is 15.0 Å². The minimum atomic E-state index is -0.716. The van der Waals surface area contributed by atoms with Crippen LogP contribution in [0.4, 0.5) is 0 Å². The minimum absolute atomic E-state index is 0.278. The number of nitrogens with two attached hydrogens (primary N) is 1. The van der Waals surface area contributed by atoms with Gasteiger partial charge in [0.15, 0.2) is 0 Å². The Morgan fingerprint density at radius 2 is 1.60 bits per heavy atom. The van der Waals surface area contributed by atoms with Gasteiger partial charge in [0.1, 0.15) is 19.0 Å². The van der Waals surface area contributed by atoms with Crippen molar-refractivity contribution in [3.8, 4) is 0 Å². The second kappa shape index (κ2) is 10.5. The quantitative estimate of drug-likeness (QED) is 0.687. The van der Waals surface area contributed by atoms with Gasteiger partial charge in [-0.1, -0.05) is 6.42 Å². The molecule has 0 atom stereocenters. The van der Waals surface area contributed by atoms with E-state index in [1.807, 2.05) is 0 Å². The second-order valence-corrected chi connectivity index (χ2v) is 2.79. The van der Waals surface area contributed by atoms with Crippen LogP contribution >= 0.6 is 0 Å². The number of carboxylic acid groups (broad SMARTS) is 1. The number of rotatable bonds is 5. The first-order valence-corrected chi connectivity index (χ1v) is 4.74. The molecule has 1 heterocycles. The largest absolute Gasteiger partial charge is 0.481 e. The van der Waals surface area contributed by atoms with E-state index in [2.05, 4.69) is 15.0 Å². The fourth-order valence-electron chi connectivity index (χ4n) is 0.802. The van der Waals surface area contributed by atoms with Crippen molar-refractivity contribution in [3.63, 3.8) is 0 Å². The van der Waals surface area contributed by atoms with Crippen LogP contribution in [0, 0.1) is 0 Å². The standard InChI is InChI=1S/C6H13NO2.C3H3N3/c7-5-3-1-2-4-6(8)9;1-4-2-6-3-5-1/h1-5,7H2,(H,8,9);1-3H. The summed E-state index contributed by atoms with van der Waals surface area (Å²) in [5.74, 6) is -0.716. The molecule has 0 aromatic carbocycles. The van der Waals surface area contributed by atoms with Gasteiger partial charge in [0.2, 0.25) is 0 Å². The first-order chi connectivity index (χ1) is 7.27. The summed E-state index contributed by atoms with van der Waals surface area (Å²) in [5.41, 5.74) is 5.20. The fraction of sp³-hybridized carbons (Fsp3) is 0.556. The van der Waals surface area contributed by atoms with Crippen molar-refractivity contribution >= 4 is 5.97 Å². The maximum Gasteiger partial charge on any atom is 0.303 e. The van der Waals surface area contributed by atoms with Gasteiger partial charge >= 0.3 is 5.97 Å². The molecule has 6 nitrogen and oxygen atoms in total. The van der Waals surface area contributed by atoms with E-state index in [0.717, 1.165) is 19.3 Å². The molecule has 0 aliphatic heterocycles. The third-order valence-corrected chi connectivity index (χ3v) is 1.49. The zero-order valence-electron chi connectivity index (χ0n) is 8.54. The van der Waals surface area contributed by atoms with Crippen molar-refractivity contribution in [1.29, 1.82) is 0 Å². The van der Waals surface area contributed by atoms with Crippen molar-refractivity contribution in [3.05, 3.63) is 19.0 Å². The highest BCUT2D eigenvalue weighted by atomic mass is 16.4. The average molecular weight is 212 g/mol. The number of hydrogen-bond acceptors (Lipinski definition) is 5. The van der Waals surface area contributed by atoms with E-state index in [4.69, 9.17) is 10.8 Å². The lowest BCUT2D eigenvalue weighted by atomic mass is 10.2. The Labute approximate surface area is 88.6 Å². The van der Waals surface area contributed by atoms with Gasteiger partial charge in [0.05, 0.1) is 0 Å². The molecular formula is C9H16N4O2. The van der Waals surface area contributed by atoms with Crippen LogP contribution < -0.4 is 5.73 Å². The van der Waals surface area contributed by atoms with Crippen molar-refractivity contribution in [2.45, 2.75) is 25.7 Å². The van der Waals surface area contributed by atoms with Gasteiger partial charge in [0, 0.05) is 6.42 Å². The minimum Gasteiger partial charge on any atom is -0.481 e. The summed E-state index contributed by atoms with van der Waals surface area (Å²) in [4.78, 5) is 20.6. The smallest absolute Gasteiger partial charge is 0.303 e. The number of aromatic nitrogens is 3. The van der Waals surface area contributed by atoms with E-state index in [1.165, 1.54) is 19.0 Å². The SMILES string of the molecule is NCCCCCC(=O)O.c1ncncn1. The summed E-state index contributed by atoms with van der Waals surface area (Å²) < 4.78 is 0. The van der Waals surface area contributed by atoms with Crippen LogP contribution in [0.3, 0.4) is 0 Å². The predicted molar refractivity (Wildman–Crippen MR) is 55.0 cm³/mol. The number of hydrogen-bond donors (Lipinski definition) is 2. The average Bonchev–Trinajstić information content (AvgIpc) is 2.28. The van der Waals surface area contributed by atoms with Crippen molar-refractivity contribution in [2.75, 3.05) is 6.54 Å². The second-order valence-electron chi connectivity index (χ2n) is 2.79. The zero-order valence-corrected chi connectivity index (χ0v) is 8.54. The summed E-state index contributed by atoms with van der Waals surface area (Å²) in [6.45, 7) is 0.666. The molecule has 0 radical (unpaired) electrons. The molecule has 0 amide bonds. The molecule has 0 fully saturated rings. The summed E-state index contributed by atoms with van der Waals surface area (Å²) >= 11 is 0. The molecule has 0 aliphatic carbocycles. The fourth-order valence-corrected chi connectivity index (χ4v) is 0.802. The maximum absolute atomic E-state index is 9.93. The molecule has 84 valence electrons. The Bertz CT molecular complexity index is 216. The normalized spacial score (nSPS) is 8.87. The Morgan fingerprint density at radius 3 is 1.93 bits per heavy atom. The zero-order chi connectivity index (χ0) is 11.4. The van der Waals surface area contributed by atoms with Gasteiger partial charge in [0.25, 0.3) is 0 Å². The van der Waals surface area contributed by atoms with Gasteiger partial charge in [-0.3, -0.25) is 4.79 Å². The molecule has 1 rings (SSSR count). The monoisotopic (exact) mass is 212 g/mol. The van der Waals surface area contributed by atoms with E-state index in [9.17, 15) is 4.79 Å². The predicted octanol–water partition coefficient (Wildman–Crippen LogP) is 0.462. The Morgan fingerprint density at radius 1 is 1.07 bits per heavy atom. The van der Waals surface area contributed by atoms with E-state index in [-0.39, 0.29) is 6.42 Å².